The van der Waals surface area contributed by atoms with Crippen LogP contribution in [0.4, 0.5) is 18.9 Å². The number of allylic oxidation sites excluding steroid dienone is 1. The van der Waals surface area contributed by atoms with Crippen LogP contribution in [0.15, 0.2) is 34.3 Å². The number of nitrogens with one attached hydrogen (secondary N) is 1. The van der Waals surface area contributed by atoms with Crippen molar-refractivity contribution >= 4 is 23.0 Å². The lowest BCUT2D eigenvalue weighted by Crippen LogP contribution is -2.59. The van der Waals surface area contributed by atoms with Gasteiger partial charge in [0.25, 0.3) is 0 Å². The molecular weight excluding hydrogens is 351 g/mol. The van der Waals surface area contributed by atoms with E-state index in [-0.39, 0.29) is 16.2 Å². The zero-order chi connectivity index (χ0) is 18.6. The minimum absolute atomic E-state index is 0.0748. The number of nitrogens with zero attached hydrogens (tertiary/aromatic N) is 2. The first-order valence-electron chi connectivity index (χ1n) is 7.93. The lowest BCUT2D eigenvalue weighted by molar-refractivity contribution is -0.218. The average Bonchev–Trinajstić information content (AvgIpc) is 2.52. The van der Waals surface area contributed by atoms with Gasteiger partial charge < -0.3 is 5.32 Å². The first kappa shape index (κ1) is 17.8. The van der Waals surface area contributed by atoms with Gasteiger partial charge >= 0.3 is 6.18 Å². The first-order valence-corrected chi connectivity index (χ1v) is 8.30. The van der Waals surface area contributed by atoms with Crippen molar-refractivity contribution in [2.45, 2.75) is 38.5 Å². The second-order valence-electron chi connectivity index (χ2n) is 6.74. The first-order chi connectivity index (χ1) is 11.6. The van der Waals surface area contributed by atoms with Crippen LogP contribution in [-0.2, 0) is 5.41 Å². The molecular formula is C18H17ClF3N3. The van der Waals surface area contributed by atoms with E-state index in [9.17, 15) is 13.2 Å². The highest BCUT2D eigenvalue weighted by atomic mass is 35.5. The van der Waals surface area contributed by atoms with Crippen LogP contribution >= 0.6 is 11.6 Å². The Kier molecular flexibility index (Phi) is 4.11. The van der Waals surface area contributed by atoms with E-state index in [1.54, 1.807) is 20.8 Å². The Hall–Kier alpha value is -2.00. The largest absolute Gasteiger partial charge is 0.399 e. The molecule has 3 unspecified atom stereocenters. The highest BCUT2D eigenvalue weighted by Crippen LogP contribution is 2.58. The maximum absolute atomic E-state index is 14.5. The van der Waals surface area contributed by atoms with Crippen LogP contribution in [0, 0.1) is 23.2 Å². The molecule has 0 aromatic heterocycles. The zero-order valence-corrected chi connectivity index (χ0v) is 14.7. The van der Waals surface area contributed by atoms with Crippen molar-refractivity contribution < 1.29 is 13.2 Å². The molecule has 2 aliphatic rings. The summed E-state index contributed by atoms with van der Waals surface area (Å²) in [5.41, 5.74) is -1.05. The summed E-state index contributed by atoms with van der Waals surface area (Å²) in [4.78, 5) is 4.36. The minimum atomic E-state index is -4.54. The van der Waals surface area contributed by atoms with E-state index in [1.807, 2.05) is 6.07 Å². The third-order valence-corrected chi connectivity index (χ3v) is 5.55. The number of halogens is 4. The number of alkyl halides is 3. The van der Waals surface area contributed by atoms with Crippen LogP contribution in [0.1, 0.15) is 31.9 Å². The zero-order valence-electron chi connectivity index (χ0n) is 13.9. The van der Waals surface area contributed by atoms with Crippen LogP contribution in [0.5, 0.6) is 0 Å². The smallest absolute Gasteiger partial charge is 0.363 e. The van der Waals surface area contributed by atoms with Gasteiger partial charge in [0.05, 0.1) is 22.4 Å². The second-order valence-corrected chi connectivity index (χ2v) is 7.14. The molecule has 0 spiro atoms. The molecule has 7 heteroatoms. The maximum Gasteiger partial charge on any atom is 0.399 e. The summed E-state index contributed by atoms with van der Waals surface area (Å²) in [5.74, 6) is -1.77. The second kappa shape index (κ2) is 5.77. The van der Waals surface area contributed by atoms with Gasteiger partial charge in [0.1, 0.15) is 11.6 Å². The number of dihydropyridines is 1. The topological polar surface area (TPSA) is 48.2 Å². The fraction of sp³-hybridized carbons (Fsp3) is 0.444. The molecule has 0 radical (unpaired) electrons. The molecule has 0 fully saturated rings. The fourth-order valence-electron chi connectivity index (χ4n) is 4.01. The van der Waals surface area contributed by atoms with Crippen molar-refractivity contribution in [2.75, 3.05) is 5.32 Å². The van der Waals surface area contributed by atoms with Crippen LogP contribution in [-0.4, -0.2) is 18.1 Å². The maximum atomic E-state index is 14.5. The predicted molar refractivity (Wildman–Crippen MR) is 91.7 cm³/mol. The Bertz CT molecular complexity index is 820. The number of nitriles is 1. The molecule has 0 saturated heterocycles. The summed E-state index contributed by atoms with van der Waals surface area (Å²) >= 11 is 6.14. The van der Waals surface area contributed by atoms with Crippen LogP contribution in [0.2, 0.25) is 0 Å². The van der Waals surface area contributed by atoms with E-state index in [0.717, 1.165) is 0 Å². The monoisotopic (exact) mass is 367 g/mol. The molecule has 2 heterocycles. The van der Waals surface area contributed by atoms with Crippen molar-refractivity contribution in [3.05, 3.63) is 40.4 Å². The number of hydrogen-bond donors (Lipinski definition) is 1. The van der Waals surface area contributed by atoms with Crippen molar-refractivity contribution in [1.82, 2.24) is 0 Å². The number of hydrogen-bond acceptors (Lipinski definition) is 3. The summed E-state index contributed by atoms with van der Waals surface area (Å²) in [6.45, 7) is 4.77. The van der Waals surface area contributed by atoms with Gasteiger partial charge in [-0.25, -0.2) is 0 Å². The summed E-state index contributed by atoms with van der Waals surface area (Å²) in [6.07, 6.45) is -3.84. The van der Waals surface area contributed by atoms with Crippen molar-refractivity contribution in [2.24, 2.45) is 16.8 Å². The van der Waals surface area contributed by atoms with Crippen LogP contribution in [0.3, 0.4) is 0 Å². The Balaban J connectivity index is 2.37. The number of fused-ring (bicyclic) bond motifs is 2. The van der Waals surface area contributed by atoms with E-state index >= 15 is 0 Å². The van der Waals surface area contributed by atoms with Gasteiger partial charge in [-0.2, -0.15) is 18.4 Å². The van der Waals surface area contributed by atoms with E-state index in [0.29, 0.717) is 11.4 Å². The SMILES string of the molecule is CC1=NC2Nc3ccc(C#N)cc3C(C(C)C)(C(F)(F)F)C2C=C1Cl. The fourth-order valence-corrected chi connectivity index (χ4v) is 4.19. The molecule has 0 saturated carbocycles. The molecule has 3 atom stereocenters. The quantitative estimate of drug-likeness (QED) is 0.761. The highest BCUT2D eigenvalue weighted by Gasteiger charge is 2.66. The number of rotatable bonds is 1. The molecule has 0 aliphatic carbocycles. The van der Waals surface area contributed by atoms with Gasteiger partial charge in [-0.1, -0.05) is 31.5 Å². The van der Waals surface area contributed by atoms with Crippen LogP contribution in [0.25, 0.3) is 0 Å². The van der Waals surface area contributed by atoms with Gasteiger partial charge in [0.2, 0.25) is 0 Å². The van der Waals surface area contributed by atoms with E-state index in [2.05, 4.69) is 10.3 Å². The van der Waals surface area contributed by atoms with Gasteiger partial charge in [-0.15, -0.1) is 0 Å². The Labute approximate surface area is 149 Å². The standard InChI is InChI=1S/C18H17ClF3N3/c1-9(2)17(18(20,21)22)12-6-11(8-23)4-5-15(12)25-16-13(17)7-14(19)10(3)24-16/h4-7,9,13,16,25H,1-3H3. The van der Waals surface area contributed by atoms with E-state index < -0.39 is 29.6 Å². The number of anilines is 1. The Morgan fingerprint density at radius 2 is 2.04 bits per heavy atom. The summed E-state index contributed by atoms with van der Waals surface area (Å²) in [6, 6.07) is 6.30. The van der Waals surface area contributed by atoms with Gasteiger partial charge in [-0.3, -0.25) is 4.99 Å². The molecule has 3 nitrogen and oxygen atoms in total. The summed E-state index contributed by atoms with van der Waals surface area (Å²) < 4.78 is 43.6. The molecule has 1 N–H and O–H groups in total. The molecule has 1 aromatic carbocycles. The molecule has 25 heavy (non-hydrogen) atoms. The minimum Gasteiger partial charge on any atom is -0.363 e. The summed E-state index contributed by atoms with van der Waals surface area (Å²) in [5, 5.41) is 12.5. The van der Waals surface area contributed by atoms with Crippen molar-refractivity contribution in [1.29, 1.82) is 5.26 Å². The van der Waals surface area contributed by atoms with Gasteiger partial charge in [0.15, 0.2) is 0 Å². The molecule has 0 bridgehead atoms. The highest BCUT2D eigenvalue weighted by molar-refractivity contribution is 6.43. The molecule has 2 aliphatic heterocycles. The van der Waals surface area contributed by atoms with Crippen molar-refractivity contribution in [3.8, 4) is 6.07 Å². The lowest BCUT2D eigenvalue weighted by atomic mass is 9.59. The molecule has 132 valence electrons. The molecule has 1 aromatic rings. The number of benzene rings is 1. The predicted octanol–water partition coefficient (Wildman–Crippen LogP) is 4.98. The molecule has 3 rings (SSSR count). The third kappa shape index (κ3) is 2.44. The lowest BCUT2D eigenvalue weighted by Gasteiger charge is -2.51. The van der Waals surface area contributed by atoms with E-state index in [1.165, 1.54) is 24.3 Å². The van der Waals surface area contributed by atoms with Gasteiger partial charge in [-0.05, 0) is 36.6 Å². The Morgan fingerprint density at radius 1 is 1.36 bits per heavy atom. The summed E-state index contributed by atoms with van der Waals surface area (Å²) in [7, 11) is 0. The van der Waals surface area contributed by atoms with E-state index in [4.69, 9.17) is 16.9 Å². The molecule has 0 amide bonds. The normalized spacial score (nSPS) is 28.3. The third-order valence-electron chi connectivity index (χ3n) is 5.15. The van der Waals surface area contributed by atoms with Crippen LogP contribution < -0.4 is 5.32 Å². The number of aliphatic imine (C=N–C) groups is 1. The Morgan fingerprint density at radius 3 is 2.60 bits per heavy atom. The average molecular weight is 368 g/mol. The van der Waals surface area contributed by atoms with Gasteiger partial charge in [0, 0.05) is 11.6 Å². The van der Waals surface area contributed by atoms with Crippen molar-refractivity contribution in [3.63, 3.8) is 0 Å².